The number of amides is 2. The molecule has 2 aliphatic rings. The Morgan fingerprint density at radius 2 is 2.04 bits per heavy atom. The van der Waals surface area contributed by atoms with Crippen LogP contribution in [-0.2, 0) is 9.59 Å². The molecule has 1 aromatic heterocycles. The third-order valence-corrected chi connectivity index (χ3v) is 4.26. The maximum absolute atomic E-state index is 12.5. The maximum atomic E-state index is 12.5. The lowest BCUT2D eigenvalue weighted by Crippen LogP contribution is -2.40. The molecule has 1 aromatic rings. The average molecular weight is 319 g/mol. The van der Waals surface area contributed by atoms with Crippen LogP contribution in [0.1, 0.15) is 44.1 Å². The molecule has 1 saturated heterocycles. The highest BCUT2D eigenvalue weighted by molar-refractivity contribution is 6.00. The van der Waals surface area contributed by atoms with Crippen molar-refractivity contribution in [1.29, 1.82) is 0 Å². The third-order valence-electron chi connectivity index (χ3n) is 4.26. The monoisotopic (exact) mass is 319 g/mol. The lowest BCUT2D eigenvalue weighted by atomic mass is 9.92. The van der Waals surface area contributed by atoms with Crippen LogP contribution in [0.25, 0.3) is 0 Å². The van der Waals surface area contributed by atoms with Gasteiger partial charge in [-0.1, -0.05) is 0 Å². The molecule has 0 saturated carbocycles. The Morgan fingerprint density at radius 3 is 2.74 bits per heavy atom. The number of piperidine rings is 1. The van der Waals surface area contributed by atoms with Gasteiger partial charge in [0.25, 0.3) is 5.56 Å². The summed E-state index contributed by atoms with van der Waals surface area (Å²) in [7, 11) is 0. The molecule has 23 heavy (non-hydrogen) atoms. The summed E-state index contributed by atoms with van der Waals surface area (Å²) in [5.41, 5.74) is -0.108. The topological polar surface area (TPSA) is 107 Å². The van der Waals surface area contributed by atoms with E-state index in [9.17, 15) is 14.4 Å². The zero-order chi connectivity index (χ0) is 16.4. The number of carbonyl (C=O) groups is 2. The van der Waals surface area contributed by atoms with Gasteiger partial charge >= 0.3 is 0 Å². The van der Waals surface area contributed by atoms with Gasteiger partial charge in [0, 0.05) is 26.1 Å². The lowest BCUT2D eigenvalue weighted by Gasteiger charge is -2.29. The van der Waals surface area contributed by atoms with Gasteiger partial charge in [0.1, 0.15) is 5.82 Å². The Bertz CT molecular complexity index is 678. The Hall–Kier alpha value is -2.38. The van der Waals surface area contributed by atoms with Gasteiger partial charge in [-0.25, -0.2) is 0 Å². The molecular weight excluding hydrogens is 298 g/mol. The van der Waals surface area contributed by atoms with E-state index in [0.29, 0.717) is 12.5 Å². The highest BCUT2D eigenvalue weighted by Crippen LogP contribution is 2.29. The molecule has 8 nitrogen and oxygen atoms in total. The van der Waals surface area contributed by atoms with Crippen molar-refractivity contribution in [2.24, 2.45) is 0 Å². The molecule has 0 aliphatic carbocycles. The van der Waals surface area contributed by atoms with Crippen molar-refractivity contribution in [3.63, 3.8) is 0 Å². The number of anilines is 2. The number of aromatic amines is 1. The fourth-order valence-corrected chi connectivity index (χ4v) is 3.14. The largest absolute Gasteiger partial charge is 0.356 e. The lowest BCUT2D eigenvalue weighted by molar-refractivity contribution is -0.126. The second kappa shape index (κ2) is 6.39. The number of carbonyl (C=O) groups excluding carboxylic acids is 2. The van der Waals surface area contributed by atoms with Crippen LogP contribution >= 0.6 is 0 Å². The molecule has 1 atom stereocenters. The first-order valence-electron chi connectivity index (χ1n) is 8.07. The molecule has 0 bridgehead atoms. The molecule has 2 amide bonds. The molecule has 3 N–H and O–H groups in total. The minimum Gasteiger partial charge on any atom is -0.356 e. The van der Waals surface area contributed by atoms with Gasteiger partial charge in [-0.2, -0.15) is 4.98 Å². The first-order chi connectivity index (χ1) is 11.1. The van der Waals surface area contributed by atoms with Gasteiger partial charge in [-0.05, 0) is 26.2 Å². The predicted octanol–water partition coefficient (Wildman–Crippen LogP) is 0.322. The second-order valence-corrected chi connectivity index (χ2v) is 5.90. The first-order valence-corrected chi connectivity index (χ1v) is 8.07. The maximum Gasteiger partial charge on any atom is 0.258 e. The minimum atomic E-state index is -0.787. The summed E-state index contributed by atoms with van der Waals surface area (Å²) in [5, 5.41) is 5.30. The van der Waals surface area contributed by atoms with E-state index in [1.54, 1.807) is 6.92 Å². The van der Waals surface area contributed by atoms with E-state index in [2.05, 4.69) is 20.6 Å². The van der Waals surface area contributed by atoms with E-state index < -0.39 is 5.92 Å². The Labute approximate surface area is 133 Å². The van der Waals surface area contributed by atoms with E-state index in [1.165, 1.54) is 6.42 Å². The fourth-order valence-electron chi connectivity index (χ4n) is 3.14. The molecule has 0 spiro atoms. The van der Waals surface area contributed by atoms with Crippen LogP contribution in [-0.4, -0.2) is 41.4 Å². The van der Waals surface area contributed by atoms with Crippen molar-refractivity contribution in [3.05, 3.63) is 15.9 Å². The average Bonchev–Trinajstić information content (AvgIpc) is 2.54. The standard InChI is InChI=1S/C15H21N5O3/c1-2-16-13(22)9-8-10(21)17-12-11(9)14(23)19-15(18-12)20-6-4-3-5-7-20/h9H,2-8H2,1H3,(H,16,22)(H2,17,18,19,21,23)/t9-/m0/s1. The number of nitrogens with one attached hydrogen (secondary N) is 3. The Balaban J connectivity index is 1.98. The molecule has 0 unspecified atom stereocenters. The molecule has 3 heterocycles. The van der Waals surface area contributed by atoms with Gasteiger partial charge in [0.2, 0.25) is 17.8 Å². The van der Waals surface area contributed by atoms with Crippen molar-refractivity contribution in [3.8, 4) is 0 Å². The number of likely N-dealkylation sites (N-methyl/N-ethyl adjacent to an activating group) is 1. The molecule has 0 aromatic carbocycles. The summed E-state index contributed by atoms with van der Waals surface area (Å²) in [6.07, 6.45) is 3.23. The molecule has 0 radical (unpaired) electrons. The number of aromatic nitrogens is 2. The minimum absolute atomic E-state index is 0.0351. The number of rotatable bonds is 3. The van der Waals surface area contributed by atoms with Crippen LogP contribution in [0.15, 0.2) is 4.79 Å². The fraction of sp³-hybridized carbons (Fsp3) is 0.600. The number of H-pyrrole nitrogens is 1. The molecule has 8 heteroatoms. The number of nitrogens with zero attached hydrogens (tertiary/aromatic N) is 2. The summed E-state index contributed by atoms with van der Waals surface area (Å²) >= 11 is 0. The summed E-state index contributed by atoms with van der Waals surface area (Å²) in [6, 6.07) is 0. The van der Waals surface area contributed by atoms with Crippen LogP contribution in [0.5, 0.6) is 0 Å². The number of fused-ring (bicyclic) bond motifs is 1. The Kier molecular flexibility index (Phi) is 4.31. The van der Waals surface area contributed by atoms with Crippen molar-refractivity contribution < 1.29 is 9.59 Å². The van der Waals surface area contributed by atoms with Crippen molar-refractivity contribution in [2.45, 2.75) is 38.5 Å². The molecule has 2 aliphatic heterocycles. The molecule has 3 rings (SSSR count). The second-order valence-electron chi connectivity index (χ2n) is 5.90. The normalized spacial score (nSPS) is 20.7. The van der Waals surface area contributed by atoms with Gasteiger partial charge in [-0.15, -0.1) is 0 Å². The van der Waals surface area contributed by atoms with Crippen molar-refractivity contribution in [1.82, 2.24) is 15.3 Å². The van der Waals surface area contributed by atoms with E-state index in [-0.39, 0.29) is 35.2 Å². The third kappa shape index (κ3) is 3.06. The first kappa shape index (κ1) is 15.5. The van der Waals surface area contributed by atoms with Gasteiger partial charge in [0.05, 0.1) is 11.5 Å². The van der Waals surface area contributed by atoms with Crippen LogP contribution in [0.4, 0.5) is 11.8 Å². The zero-order valence-electron chi connectivity index (χ0n) is 13.1. The highest BCUT2D eigenvalue weighted by Gasteiger charge is 2.34. The highest BCUT2D eigenvalue weighted by atomic mass is 16.2. The van der Waals surface area contributed by atoms with E-state index in [1.807, 2.05) is 4.90 Å². The van der Waals surface area contributed by atoms with Gasteiger partial charge < -0.3 is 15.5 Å². The van der Waals surface area contributed by atoms with E-state index in [0.717, 1.165) is 25.9 Å². The van der Waals surface area contributed by atoms with Crippen LogP contribution in [0.3, 0.4) is 0 Å². The van der Waals surface area contributed by atoms with Crippen molar-refractivity contribution >= 4 is 23.6 Å². The molecule has 1 fully saturated rings. The van der Waals surface area contributed by atoms with Gasteiger partial charge in [0.15, 0.2) is 0 Å². The quantitative estimate of drug-likeness (QED) is 0.744. The Morgan fingerprint density at radius 1 is 1.30 bits per heavy atom. The van der Waals surface area contributed by atoms with E-state index in [4.69, 9.17) is 0 Å². The zero-order valence-corrected chi connectivity index (χ0v) is 13.1. The molecular formula is C15H21N5O3. The summed E-state index contributed by atoms with van der Waals surface area (Å²) in [6.45, 7) is 3.90. The van der Waals surface area contributed by atoms with Crippen LogP contribution in [0.2, 0.25) is 0 Å². The summed E-state index contributed by atoms with van der Waals surface area (Å²) < 4.78 is 0. The summed E-state index contributed by atoms with van der Waals surface area (Å²) in [5.74, 6) is -0.726. The predicted molar refractivity (Wildman–Crippen MR) is 85.6 cm³/mol. The van der Waals surface area contributed by atoms with Gasteiger partial charge in [-0.3, -0.25) is 19.4 Å². The van der Waals surface area contributed by atoms with Crippen LogP contribution in [0, 0.1) is 0 Å². The van der Waals surface area contributed by atoms with Crippen LogP contribution < -0.4 is 21.1 Å². The summed E-state index contributed by atoms with van der Waals surface area (Å²) in [4.78, 5) is 45.7. The molecule has 124 valence electrons. The SMILES string of the molecule is CCNC(=O)[C@H]1CC(=O)Nc2nc(N3CCCCC3)[nH]c(=O)c21. The smallest absolute Gasteiger partial charge is 0.258 e. The number of hydrogen-bond donors (Lipinski definition) is 3. The number of hydrogen-bond acceptors (Lipinski definition) is 5. The van der Waals surface area contributed by atoms with E-state index >= 15 is 0 Å². The van der Waals surface area contributed by atoms with Crippen molar-refractivity contribution in [2.75, 3.05) is 29.9 Å².